The maximum atomic E-state index is 6.09. The van der Waals surface area contributed by atoms with Crippen molar-refractivity contribution < 1.29 is 4.42 Å². The Kier molecular flexibility index (Phi) is 7.24. The summed E-state index contributed by atoms with van der Waals surface area (Å²) in [7, 11) is 0. The van der Waals surface area contributed by atoms with Gasteiger partial charge in [0.1, 0.15) is 11.2 Å². The molecule has 9 aromatic rings. The van der Waals surface area contributed by atoms with Crippen molar-refractivity contribution in [3.05, 3.63) is 176 Å². The normalized spacial score (nSPS) is 11.2. The van der Waals surface area contributed by atoms with E-state index in [9.17, 15) is 0 Å². The van der Waals surface area contributed by atoms with E-state index in [4.69, 9.17) is 4.42 Å². The van der Waals surface area contributed by atoms with Crippen LogP contribution in [0, 0.1) is 0 Å². The van der Waals surface area contributed by atoms with Crippen molar-refractivity contribution in [2.75, 3.05) is 0 Å². The number of hydrogen-bond acceptors (Lipinski definition) is 1. The summed E-state index contributed by atoms with van der Waals surface area (Å²) in [4.78, 5) is 0. The fourth-order valence-corrected chi connectivity index (χ4v) is 6.67. The molecule has 0 aliphatic carbocycles. The van der Waals surface area contributed by atoms with E-state index in [1.165, 1.54) is 55.2 Å². The van der Waals surface area contributed by atoms with Gasteiger partial charge in [0.2, 0.25) is 0 Å². The van der Waals surface area contributed by atoms with Gasteiger partial charge < -0.3 is 8.98 Å². The smallest absolute Gasteiger partial charge is 0.135 e. The molecular formula is C45H33NO. The number of aromatic nitrogens is 1. The zero-order valence-corrected chi connectivity index (χ0v) is 26.2. The lowest BCUT2D eigenvalue weighted by molar-refractivity contribution is 0.669. The molecule has 0 aliphatic rings. The summed E-state index contributed by atoms with van der Waals surface area (Å²) in [5.41, 5.74) is 12.6. The Labute approximate surface area is 274 Å². The van der Waals surface area contributed by atoms with Gasteiger partial charge >= 0.3 is 0 Å². The fourth-order valence-electron chi connectivity index (χ4n) is 6.67. The first-order chi connectivity index (χ1) is 23.2. The van der Waals surface area contributed by atoms with E-state index in [2.05, 4.69) is 163 Å². The second-order valence-corrected chi connectivity index (χ2v) is 11.8. The summed E-state index contributed by atoms with van der Waals surface area (Å²) in [6.07, 6.45) is 1.75. The van der Waals surface area contributed by atoms with E-state index >= 15 is 0 Å². The highest BCUT2D eigenvalue weighted by Crippen LogP contribution is 2.38. The summed E-state index contributed by atoms with van der Waals surface area (Å²) in [5.74, 6) is 0. The maximum absolute atomic E-state index is 6.09. The second kappa shape index (κ2) is 12.0. The summed E-state index contributed by atoms with van der Waals surface area (Å²) < 4.78 is 8.49. The molecule has 2 heteroatoms. The number of fused-ring (bicyclic) bond motifs is 6. The molecule has 0 amide bonds. The summed E-state index contributed by atoms with van der Waals surface area (Å²) >= 11 is 0. The van der Waals surface area contributed by atoms with Crippen molar-refractivity contribution in [2.24, 2.45) is 0 Å². The van der Waals surface area contributed by atoms with E-state index < -0.39 is 0 Å². The van der Waals surface area contributed by atoms with Crippen molar-refractivity contribution in [3.63, 3.8) is 0 Å². The zero-order valence-electron chi connectivity index (χ0n) is 26.2. The fraction of sp³-hybridized carbons (Fsp3) is 0.0222. The third-order valence-electron chi connectivity index (χ3n) is 8.79. The Morgan fingerprint density at radius 2 is 0.957 bits per heavy atom. The molecule has 9 rings (SSSR count). The first-order valence-electron chi connectivity index (χ1n) is 16.0. The van der Waals surface area contributed by atoms with E-state index in [1.54, 1.807) is 6.08 Å². The molecule has 2 aromatic heterocycles. The zero-order chi connectivity index (χ0) is 31.7. The minimum Gasteiger partial charge on any atom is -0.456 e. The van der Waals surface area contributed by atoms with Crippen molar-refractivity contribution >= 4 is 43.7 Å². The molecule has 2 heterocycles. The molecule has 0 N–H and O–H groups in total. The molecule has 0 saturated heterocycles. The third kappa shape index (κ3) is 5.10. The Bertz CT molecular complexity index is 2550. The predicted octanol–water partition coefficient (Wildman–Crippen LogP) is 12.9. The van der Waals surface area contributed by atoms with Crippen LogP contribution in [0.3, 0.4) is 0 Å². The van der Waals surface area contributed by atoms with E-state index in [0.29, 0.717) is 0 Å². The van der Waals surface area contributed by atoms with Crippen molar-refractivity contribution in [3.8, 4) is 39.1 Å². The highest BCUT2D eigenvalue weighted by atomic mass is 16.3. The Hall–Kier alpha value is -6.12. The van der Waals surface area contributed by atoms with Crippen LogP contribution in [0.15, 0.2) is 181 Å². The Morgan fingerprint density at radius 3 is 1.77 bits per heavy atom. The lowest BCUT2D eigenvalue weighted by atomic mass is 9.99. The number of hydrogen-bond donors (Lipinski definition) is 0. The first-order valence-corrected chi connectivity index (χ1v) is 16.0. The minimum atomic E-state index is 0.918. The lowest BCUT2D eigenvalue weighted by Crippen LogP contribution is -1.94. The van der Waals surface area contributed by atoms with Crippen LogP contribution in [0.2, 0.25) is 0 Å². The van der Waals surface area contributed by atoms with Crippen LogP contribution < -0.4 is 0 Å². The van der Waals surface area contributed by atoms with Crippen LogP contribution in [0.4, 0.5) is 0 Å². The number of rotatable bonds is 4. The van der Waals surface area contributed by atoms with Crippen molar-refractivity contribution in [1.29, 1.82) is 0 Å². The summed E-state index contributed by atoms with van der Waals surface area (Å²) in [5, 5.41) is 4.78. The SMILES string of the molecule is C=CC.c1ccc(-c2cccc(-c3cccc(-n4c5ccccc5c5cc(-c6ccc7oc8ccccc8c7c6)ccc54)c3)c2)cc1. The molecule has 0 aliphatic heterocycles. The Balaban J connectivity index is 0.00000104. The number of benzene rings is 7. The molecule has 47 heavy (non-hydrogen) atoms. The van der Waals surface area contributed by atoms with Gasteiger partial charge in [0.15, 0.2) is 0 Å². The number of nitrogens with zero attached hydrogens (tertiary/aromatic N) is 1. The molecule has 0 fully saturated rings. The van der Waals surface area contributed by atoms with Gasteiger partial charge in [-0.2, -0.15) is 0 Å². The summed E-state index contributed by atoms with van der Waals surface area (Å²) in [6, 6.07) is 58.6. The van der Waals surface area contributed by atoms with Gasteiger partial charge in [0, 0.05) is 27.2 Å². The largest absolute Gasteiger partial charge is 0.456 e. The average Bonchev–Trinajstić information content (AvgIpc) is 3.67. The molecule has 0 atom stereocenters. The summed E-state index contributed by atoms with van der Waals surface area (Å²) in [6.45, 7) is 5.25. The van der Waals surface area contributed by atoms with Crippen LogP contribution >= 0.6 is 0 Å². The van der Waals surface area contributed by atoms with Gasteiger partial charge in [-0.25, -0.2) is 0 Å². The topological polar surface area (TPSA) is 18.1 Å². The number of para-hydroxylation sites is 2. The molecule has 7 aromatic carbocycles. The number of allylic oxidation sites excluding steroid dienone is 1. The molecule has 0 bridgehead atoms. The number of furan rings is 1. The van der Waals surface area contributed by atoms with Gasteiger partial charge in [-0.05, 0) is 94.9 Å². The van der Waals surface area contributed by atoms with Gasteiger partial charge in [-0.3, -0.25) is 0 Å². The van der Waals surface area contributed by atoms with Crippen molar-refractivity contribution in [1.82, 2.24) is 4.57 Å². The standard InChI is InChI=1S/C42H27NO.C3H6/c1-2-10-28(11-3-1)29-12-8-13-30(24-29)31-14-9-15-34(25-31)43-39-18-6-4-16-35(39)37-26-32(20-22-40(37)43)33-21-23-42-38(27-33)36-17-5-7-19-41(36)44-42;1-3-2/h1-27H;3H,1H2,2H3. The first kappa shape index (κ1) is 28.4. The van der Waals surface area contributed by atoms with Gasteiger partial charge in [-0.1, -0.05) is 115 Å². The maximum Gasteiger partial charge on any atom is 0.135 e. The molecule has 0 spiro atoms. The van der Waals surface area contributed by atoms with Gasteiger partial charge in [-0.15, -0.1) is 6.58 Å². The average molecular weight is 604 g/mol. The van der Waals surface area contributed by atoms with Crippen LogP contribution in [-0.4, -0.2) is 4.57 Å². The highest BCUT2D eigenvalue weighted by molar-refractivity contribution is 6.11. The van der Waals surface area contributed by atoms with Crippen molar-refractivity contribution in [2.45, 2.75) is 6.92 Å². The van der Waals surface area contributed by atoms with Crippen LogP contribution in [0.1, 0.15) is 6.92 Å². The van der Waals surface area contributed by atoms with Crippen LogP contribution in [0.25, 0.3) is 82.8 Å². The minimum absolute atomic E-state index is 0.918. The van der Waals surface area contributed by atoms with Crippen LogP contribution in [-0.2, 0) is 0 Å². The molecule has 0 radical (unpaired) electrons. The highest BCUT2D eigenvalue weighted by Gasteiger charge is 2.15. The molecule has 2 nitrogen and oxygen atoms in total. The lowest BCUT2D eigenvalue weighted by Gasteiger charge is -2.11. The van der Waals surface area contributed by atoms with Gasteiger partial charge in [0.05, 0.1) is 11.0 Å². The Morgan fingerprint density at radius 1 is 0.426 bits per heavy atom. The molecule has 0 saturated carbocycles. The molecule has 0 unspecified atom stereocenters. The molecule has 224 valence electrons. The van der Waals surface area contributed by atoms with E-state index in [-0.39, 0.29) is 0 Å². The predicted molar refractivity (Wildman–Crippen MR) is 200 cm³/mol. The van der Waals surface area contributed by atoms with Gasteiger partial charge in [0.25, 0.3) is 0 Å². The van der Waals surface area contributed by atoms with Crippen LogP contribution in [0.5, 0.6) is 0 Å². The van der Waals surface area contributed by atoms with E-state index in [0.717, 1.165) is 27.6 Å². The molecular weight excluding hydrogens is 571 g/mol. The quantitative estimate of drug-likeness (QED) is 0.183. The third-order valence-corrected chi connectivity index (χ3v) is 8.79. The monoisotopic (exact) mass is 603 g/mol. The van der Waals surface area contributed by atoms with E-state index in [1.807, 2.05) is 19.1 Å². The second-order valence-electron chi connectivity index (χ2n) is 11.8.